The van der Waals surface area contributed by atoms with Crippen LogP contribution in [0.3, 0.4) is 0 Å². The second-order valence-electron chi connectivity index (χ2n) is 5.74. The highest BCUT2D eigenvalue weighted by molar-refractivity contribution is 6.42. The molecule has 5 nitrogen and oxygen atoms in total. The summed E-state index contributed by atoms with van der Waals surface area (Å²) in [6, 6.07) is 5.28. The molecule has 1 aromatic carbocycles. The summed E-state index contributed by atoms with van der Waals surface area (Å²) in [5.41, 5.74) is 2.36. The monoisotopic (exact) mass is 349 g/mol. The predicted molar refractivity (Wildman–Crippen MR) is 89.2 cm³/mol. The van der Waals surface area contributed by atoms with E-state index in [1.54, 1.807) is 12.1 Å². The third kappa shape index (κ3) is 2.15. The van der Waals surface area contributed by atoms with Crippen molar-refractivity contribution in [2.45, 2.75) is 25.2 Å². The smallest absolute Gasteiger partial charge is 0.270 e. The molecule has 23 heavy (non-hydrogen) atoms. The van der Waals surface area contributed by atoms with E-state index < -0.39 is 5.92 Å². The third-order valence-electron chi connectivity index (χ3n) is 4.42. The number of carbonyl (C=O) groups is 1. The minimum absolute atomic E-state index is 0.0473. The van der Waals surface area contributed by atoms with Crippen LogP contribution in [0.4, 0.5) is 5.82 Å². The van der Waals surface area contributed by atoms with Crippen molar-refractivity contribution in [1.29, 1.82) is 0 Å². The van der Waals surface area contributed by atoms with Crippen LogP contribution < -0.4 is 10.9 Å². The average Bonchev–Trinajstić information content (AvgIpc) is 2.90. The molecule has 0 saturated heterocycles. The molecule has 4 rings (SSSR count). The van der Waals surface area contributed by atoms with Gasteiger partial charge in [0.1, 0.15) is 5.82 Å². The second kappa shape index (κ2) is 5.28. The molecule has 7 heteroatoms. The molecule has 0 amide bonds. The first-order chi connectivity index (χ1) is 11.1. The van der Waals surface area contributed by atoms with E-state index in [1.807, 2.05) is 6.07 Å². The minimum Gasteiger partial charge on any atom is -0.343 e. The van der Waals surface area contributed by atoms with Crippen LogP contribution in [0.1, 0.15) is 36.3 Å². The summed E-state index contributed by atoms with van der Waals surface area (Å²) in [6.07, 6.45) is 2.04. The quantitative estimate of drug-likeness (QED) is 0.736. The van der Waals surface area contributed by atoms with E-state index in [9.17, 15) is 9.59 Å². The molecule has 0 bridgehead atoms. The van der Waals surface area contributed by atoms with Gasteiger partial charge in [-0.1, -0.05) is 35.3 Å². The molecule has 118 valence electrons. The van der Waals surface area contributed by atoms with Crippen molar-refractivity contribution in [2.24, 2.45) is 0 Å². The van der Waals surface area contributed by atoms with Crippen molar-refractivity contribution in [3.8, 4) is 0 Å². The molecule has 1 aliphatic heterocycles. The molecule has 0 fully saturated rings. The molecule has 2 heterocycles. The Hall–Kier alpha value is -1.98. The number of H-pyrrole nitrogens is 2. The number of fused-ring (bicyclic) bond motifs is 1. The first kappa shape index (κ1) is 14.6. The Balaban J connectivity index is 2.02. The summed E-state index contributed by atoms with van der Waals surface area (Å²) in [4.78, 5) is 24.8. The van der Waals surface area contributed by atoms with Crippen LogP contribution in [0.2, 0.25) is 10.0 Å². The lowest BCUT2D eigenvalue weighted by Gasteiger charge is -2.31. The minimum atomic E-state index is -0.504. The molecule has 0 saturated carbocycles. The van der Waals surface area contributed by atoms with Crippen LogP contribution in [0.5, 0.6) is 0 Å². The highest BCUT2D eigenvalue weighted by Gasteiger charge is 2.38. The summed E-state index contributed by atoms with van der Waals surface area (Å²) >= 11 is 12.5. The van der Waals surface area contributed by atoms with E-state index >= 15 is 0 Å². The van der Waals surface area contributed by atoms with Gasteiger partial charge in [0.2, 0.25) is 0 Å². The van der Waals surface area contributed by atoms with Crippen LogP contribution >= 0.6 is 23.2 Å². The van der Waals surface area contributed by atoms with Crippen molar-refractivity contribution in [3.63, 3.8) is 0 Å². The van der Waals surface area contributed by atoms with Gasteiger partial charge in [-0.2, -0.15) is 0 Å². The first-order valence-corrected chi connectivity index (χ1v) is 8.11. The molecule has 1 atom stereocenters. The molecule has 1 aromatic heterocycles. The Bertz CT molecular complexity index is 910. The van der Waals surface area contributed by atoms with Gasteiger partial charge in [-0.25, -0.2) is 0 Å². The van der Waals surface area contributed by atoms with Crippen molar-refractivity contribution < 1.29 is 4.79 Å². The Morgan fingerprint density at radius 1 is 1.09 bits per heavy atom. The number of rotatable bonds is 1. The van der Waals surface area contributed by atoms with Crippen molar-refractivity contribution >= 4 is 34.8 Å². The summed E-state index contributed by atoms with van der Waals surface area (Å²) < 4.78 is 0. The number of aromatic nitrogens is 2. The maximum absolute atomic E-state index is 12.6. The fraction of sp³-hybridized carbons (Fsp3) is 0.250. The summed E-state index contributed by atoms with van der Waals surface area (Å²) in [7, 11) is 0. The lowest BCUT2D eigenvalue weighted by Crippen LogP contribution is -2.29. The molecular formula is C16H13Cl2N3O2. The highest BCUT2D eigenvalue weighted by Crippen LogP contribution is 2.46. The van der Waals surface area contributed by atoms with Crippen LogP contribution in [0, 0.1) is 0 Å². The number of aromatic amines is 2. The van der Waals surface area contributed by atoms with Gasteiger partial charge in [0.15, 0.2) is 5.78 Å². The van der Waals surface area contributed by atoms with E-state index in [-0.39, 0.29) is 11.3 Å². The number of ketones is 1. The fourth-order valence-corrected chi connectivity index (χ4v) is 3.84. The van der Waals surface area contributed by atoms with E-state index in [1.165, 1.54) is 0 Å². The molecule has 0 unspecified atom stereocenters. The van der Waals surface area contributed by atoms with Gasteiger partial charge in [-0.3, -0.25) is 19.8 Å². The first-order valence-electron chi connectivity index (χ1n) is 7.35. The van der Waals surface area contributed by atoms with Gasteiger partial charge < -0.3 is 5.32 Å². The molecule has 0 radical (unpaired) electrons. The lowest BCUT2D eigenvalue weighted by atomic mass is 9.77. The average molecular weight is 350 g/mol. The number of allylic oxidation sites excluding steroid dienone is 2. The topological polar surface area (TPSA) is 77.8 Å². The van der Waals surface area contributed by atoms with E-state index in [2.05, 4.69) is 15.5 Å². The van der Waals surface area contributed by atoms with Crippen LogP contribution in [-0.2, 0) is 4.79 Å². The zero-order chi connectivity index (χ0) is 16.1. The number of halogens is 2. The SMILES string of the molecule is O=C1CCCC2=C1[C@H](c1cccc(Cl)c1Cl)c1c([nH][nH]c1=O)N2. The van der Waals surface area contributed by atoms with Crippen molar-refractivity contribution in [2.75, 3.05) is 5.32 Å². The van der Waals surface area contributed by atoms with Crippen LogP contribution in [-0.4, -0.2) is 16.0 Å². The zero-order valence-electron chi connectivity index (χ0n) is 12.0. The summed E-state index contributed by atoms with van der Waals surface area (Å²) in [5, 5.41) is 9.37. The normalized spacial score (nSPS) is 20.1. The number of hydrogen-bond donors (Lipinski definition) is 3. The van der Waals surface area contributed by atoms with Crippen molar-refractivity contribution in [3.05, 3.63) is 61.0 Å². The van der Waals surface area contributed by atoms with Gasteiger partial charge >= 0.3 is 0 Å². The Labute approximate surface area is 141 Å². The zero-order valence-corrected chi connectivity index (χ0v) is 13.5. The van der Waals surface area contributed by atoms with Crippen LogP contribution in [0.15, 0.2) is 34.3 Å². The Morgan fingerprint density at radius 3 is 2.74 bits per heavy atom. The molecule has 2 aromatic rings. The largest absolute Gasteiger partial charge is 0.343 e. The summed E-state index contributed by atoms with van der Waals surface area (Å²) in [6.45, 7) is 0. The number of hydrogen-bond acceptors (Lipinski definition) is 3. The Kier molecular flexibility index (Phi) is 3.36. The fourth-order valence-electron chi connectivity index (χ4n) is 3.42. The van der Waals surface area contributed by atoms with Gasteiger partial charge in [0.25, 0.3) is 5.56 Å². The van der Waals surface area contributed by atoms with Gasteiger partial charge in [-0.15, -0.1) is 0 Å². The lowest BCUT2D eigenvalue weighted by molar-refractivity contribution is -0.116. The molecular weight excluding hydrogens is 337 g/mol. The number of carbonyl (C=O) groups excluding carboxylic acids is 1. The summed E-state index contributed by atoms with van der Waals surface area (Å²) in [5.74, 6) is 0.130. The van der Waals surface area contributed by atoms with E-state index in [0.29, 0.717) is 39.0 Å². The Morgan fingerprint density at radius 2 is 1.91 bits per heavy atom. The number of Topliss-reactive ketones (excluding diaryl/α,β-unsaturated/α-hetero) is 1. The van der Waals surface area contributed by atoms with Crippen molar-refractivity contribution in [1.82, 2.24) is 10.2 Å². The number of benzene rings is 1. The van der Waals surface area contributed by atoms with Gasteiger partial charge in [0.05, 0.1) is 15.6 Å². The van der Waals surface area contributed by atoms with E-state index in [0.717, 1.165) is 18.5 Å². The maximum Gasteiger partial charge on any atom is 0.270 e. The van der Waals surface area contributed by atoms with Crippen LogP contribution in [0.25, 0.3) is 0 Å². The molecule has 3 N–H and O–H groups in total. The molecule has 1 aliphatic carbocycles. The standard InChI is InChI=1S/C16H13Cl2N3O2/c17-8-4-1-3-7(14(8)18)11-12-9(5-2-6-10(12)22)19-15-13(11)16(23)21-20-15/h1,3-4,11H,2,5-6H2,(H3,19,20,21,23)/t11-/m0/s1. The number of nitrogens with one attached hydrogen (secondary N) is 3. The van der Waals surface area contributed by atoms with Gasteiger partial charge in [-0.05, 0) is 24.5 Å². The predicted octanol–water partition coefficient (Wildman–Crippen LogP) is 3.57. The molecule has 2 aliphatic rings. The van der Waals surface area contributed by atoms with E-state index in [4.69, 9.17) is 23.2 Å². The molecule has 0 spiro atoms. The number of anilines is 1. The third-order valence-corrected chi connectivity index (χ3v) is 5.25. The highest BCUT2D eigenvalue weighted by atomic mass is 35.5. The second-order valence-corrected chi connectivity index (χ2v) is 6.52. The van der Waals surface area contributed by atoms with Gasteiger partial charge in [0, 0.05) is 23.6 Å². The maximum atomic E-state index is 12.6.